The molecule has 0 saturated carbocycles. The molecular weight excluding hydrogens is 412 g/mol. The molecule has 7 nitrogen and oxygen atoms in total. The second-order valence-electron chi connectivity index (χ2n) is 8.86. The van der Waals surface area contributed by atoms with E-state index in [9.17, 15) is 4.79 Å². The molecule has 1 fully saturated rings. The molecule has 3 aromatic rings. The Morgan fingerprint density at radius 2 is 1.88 bits per heavy atom. The lowest BCUT2D eigenvalue weighted by molar-refractivity contribution is 0.255. The summed E-state index contributed by atoms with van der Waals surface area (Å²) in [5, 5.41) is 2.94. The number of benzene rings is 1. The van der Waals surface area contributed by atoms with Crippen LogP contribution in [0.15, 0.2) is 60.8 Å². The summed E-state index contributed by atoms with van der Waals surface area (Å²) in [6.45, 7) is 5.13. The average molecular weight is 443 g/mol. The van der Waals surface area contributed by atoms with Gasteiger partial charge in [0.1, 0.15) is 5.82 Å². The summed E-state index contributed by atoms with van der Waals surface area (Å²) in [5.41, 5.74) is 4.12. The number of hydrogen-bond acceptors (Lipinski definition) is 5. The molecule has 1 aromatic carbocycles. The molecule has 0 aliphatic carbocycles. The van der Waals surface area contributed by atoms with E-state index in [1.807, 2.05) is 12.1 Å². The van der Waals surface area contributed by atoms with Crippen LogP contribution in [0.3, 0.4) is 0 Å². The Morgan fingerprint density at radius 3 is 2.67 bits per heavy atom. The van der Waals surface area contributed by atoms with Crippen LogP contribution in [0.5, 0.6) is 0 Å². The van der Waals surface area contributed by atoms with Crippen molar-refractivity contribution in [2.24, 2.45) is 0 Å². The number of amides is 2. The number of pyridine rings is 2. The van der Waals surface area contributed by atoms with Crippen LogP contribution < -0.4 is 20.0 Å². The Balaban J connectivity index is 1.52. The highest BCUT2D eigenvalue weighted by atomic mass is 16.2. The first-order chi connectivity index (χ1) is 16.1. The standard InChI is InChI=1S/C26H30N6O/c1-19-13-17-30(2)23-12-11-22(20-8-7-9-21(18-20)31-15-5-6-16-31)28-25(23)32(19)26(33)29-24-10-3-4-14-27-24/h3-4,7-12,14,18-19H,5-6,13,15-17H2,1-2H3,(H,27,29,33)/t19-/m1/s1. The molecule has 4 heterocycles. The number of nitrogens with one attached hydrogen (secondary N) is 1. The zero-order valence-corrected chi connectivity index (χ0v) is 19.2. The van der Waals surface area contributed by atoms with Crippen LogP contribution in [0.4, 0.5) is 27.8 Å². The minimum Gasteiger partial charge on any atom is -0.372 e. The van der Waals surface area contributed by atoms with Gasteiger partial charge in [-0.25, -0.2) is 14.8 Å². The van der Waals surface area contributed by atoms with Crippen molar-refractivity contribution < 1.29 is 4.79 Å². The van der Waals surface area contributed by atoms with Gasteiger partial charge in [0, 0.05) is 50.2 Å². The number of aromatic nitrogens is 2. The van der Waals surface area contributed by atoms with Crippen LogP contribution in [-0.4, -0.2) is 48.7 Å². The Bertz CT molecular complexity index is 1130. The first-order valence-electron chi connectivity index (χ1n) is 11.7. The number of fused-ring (bicyclic) bond motifs is 1. The molecule has 33 heavy (non-hydrogen) atoms. The van der Waals surface area contributed by atoms with Crippen molar-refractivity contribution in [1.82, 2.24) is 9.97 Å². The van der Waals surface area contributed by atoms with Crippen molar-refractivity contribution in [2.45, 2.75) is 32.2 Å². The average Bonchev–Trinajstić information content (AvgIpc) is 3.35. The van der Waals surface area contributed by atoms with Gasteiger partial charge in [0.15, 0.2) is 5.82 Å². The smallest absolute Gasteiger partial charge is 0.328 e. The maximum atomic E-state index is 13.4. The van der Waals surface area contributed by atoms with Gasteiger partial charge in [-0.2, -0.15) is 0 Å². The minimum absolute atomic E-state index is 0.00361. The van der Waals surface area contributed by atoms with Crippen LogP contribution >= 0.6 is 0 Å². The predicted octanol–water partition coefficient (Wildman–Crippen LogP) is 5.01. The van der Waals surface area contributed by atoms with Gasteiger partial charge in [-0.3, -0.25) is 10.2 Å². The Hall–Kier alpha value is -3.61. The maximum Gasteiger partial charge on any atom is 0.328 e. The molecule has 0 radical (unpaired) electrons. The SMILES string of the molecule is C[C@@H]1CCN(C)c2ccc(-c3cccc(N4CCCC4)c3)nc2N1C(=O)Nc1ccccn1. The molecule has 0 spiro atoms. The summed E-state index contributed by atoms with van der Waals surface area (Å²) in [5.74, 6) is 1.21. The van der Waals surface area contributed by atoms with E-state index in [1.54, 1.807) is 17.2 Å². The summed E-state index contributed by atoms with van der Waals surface area (Å²) in [6, 6.07) is 18.0. The van der Waals surface area contributed by atoms with E-state index in [1.165, 1.54) is 18.5 Å². The fraction of sp³-hybridized carbons (Fsp3) is 0.346. The van der Waals surface area contributed by atoms with Gasteiger partial charge in [0.25, 0.3) is 0 Å². The summed E-state index contributed by atoms with van der Waals surface area (Å²) >= 11 is 0. The van der Waals surface area contributed by atoms with Gasteiger partial charge in [-0.05, 0) is 62.6 Å². The quantitative estimate of drug-likeness (QED) is 0.618. The maximum absolute atomic E-state index is 13.4. The third-order valence-corrected chi connectivity index (χ3v) is 6.55. The molecule has 0 unspecified atom stereocenters. The number of carbonyl (C=O) groups is 1. The van der Waals surface area contributed by atoms with Gasteiger partial charge in [-0.1, -0.05) is 18.2 Å². The Labute approximate surface area is 195 Å². The van der Waals surface area contributed by atoms with E-state index < -0.39 is 0 Å². The van der Waals surface area contributed by atoms with Crippen molar-refractivity contribution in [2.75, 3.05) is 46.7 Å². The van der Waals surface area contributed by atoms with Crippen LogP contribution in [0, 0.1) is 0 Å². The van der Waals surface area contributed by atoms with E-state index in [2.05, 4.69) is 70.5 Å². The lowest BCUT2D eigenvalue weighted by Crippen LogP contribution is -2.42. The van der Waals surface area contributed by atoms with Crippen molar-refractivity contribution in [3.05, 3.63) is 60.8 Å². The van der Waals surface area contributed by atoms with Gasteiger partial charge >= 0.3 is 6.03 Å². The van der Waals surface area contributed by atoms with Gasteiger partial charge in [0.2, 0.25) is 0 Å². The van der Waals surface area contributed by atoms with E-state index in [-0.39, 0.29) is 12.1 Å². The Morgan fingerprint density at radius 1 is 1.03 bits per heavy atom. The lowest BCUT2D eigenvalue weighted by Gasteiger charge is -2.28. The normalized spacial score (nSPS) is 18.1. The fourth-order valence-electron chi connectivity index (χ4n) is 4.66. The molecule has 170 valence electrons. The first kappa shape index (κ1) is 21.2. The number of nitrogens with zero attached hydrogens (tertiary/aromatic N) is 5. The molecular formula is C26H30N6O. The summed E-state index contributed by atoms with van der Waals surface area (Å²) < 4.78 is 0. The van der Waals surface area contributed by atoms with Crippen molar-refractivity contribution in [3.63, 3.8) is 0 Å². The predicted molar refractivity (Wildman–Crippen MR) is 134 cm³/mol. The summed E-state index contributed by atoms with van der Waals surface area (Å²) in [4.78, 5) is 29.1. The molecule has 2 aliphatic heterocycles. The zero-order valence-electron chi connectivity index (χ0n) is 19.2. The lowest BCUT2D eigenvalue weighted by atomic mass is 10.1. The number of rotatable bonds is 3. The first-order valence-corrected chi connectivity index (χ1v) is 11.7. The van der Waals surface area contributed by atoms with Crippen LogP contribution in [-0.2, 0) is 0 Å². The van der Waals surface area contributed by atoms with E-state index in [0.29, 0.717) is 11.6 Å². The Kier molecular flexibility index (Phi) is 5.86. The number of hydrogen-bond donors (Lipinski definition) is 1. The highest BCUT2D eigenvalue weighted by Crippen LogP contribution is 2.36. The van der Waals surface area contributed by atoms with Gasteiger partial charge in [0.05, 0.1) is 11.4 Å². The molecule has 2 aliphatic rings. The summed E-state index contributed by atoms with van der Waals surface area (Å²) in [6.07, 6.45) is 5.01. The van der Waals surface area contributed by atoms with Crippen LogP contribution in [0.25, 0.3) is 11.3 Å². The number of urea groups is 1. The van der Waals surface area contributed by atoms with Crippen LogP contribution in [0.1, 0.15) is 26.2 Å². The van der Waals surface area contributed by atoms with Gasteiger partial charge in [-0.15, -0.1) is 0 Å². The van der Waals surface area contributed by atoms with Gasteiger partial charge < -0.3 is 9.80 Å². The molecule has 5 rings (SSSR count). The van der Waals surface area contributed by atoms with Crippen molar-refractivity contribution in [3.8, 4) is 11.3 Å². The van der Waals surface area contributed by atoms with Crippen molar-refractivity contribution in [1.29, 1.82) is 0 Å². The molecule has 7 heteroatoms. The monoisotopic (exact) mass is 442 g/mol. The topological polar surface area (TPSA) is 64.6 Å². The number of anilines is 4. The molecule has 1 N–H and O–H groups in total. The third kappa shape index (κ3) is 4.35. The highest BCUT2D eigenvalue weighted by molar-refractivity contribution is 6.03. The number of carbonyl (C=O) groups excluding carboxylic acids is 1. The van der Waals surface area contributed by atoms with E-state index in [4.69, 9.17) is 4.98 Å². The third-order valence-electron chi connectivity index (χ3n) is 6.55. The summed E-state index contributed by atoms with van der Waals surface area (Å²) in [7, 11) is 2.06. The largest absolute Gasteiger partial charge is 0.372 e. The minimum atomic E-state index is -0.215. The molecule has 0 bridgehead atoms. The zero-order chi connectivity index (χ0) is 22.8. The van der Waals surface area contributed by atoms with Crippen molar-refractivity contribution >= 4 is 29.0 Å². The highest BCUT2D eigenvalue weighted by Gasteiger charge is 2.30. The second kappa shape index (κ2) is 9.10. The van der Waals surface area contributed by atoms with Crippen LogP contribution in [0.2, 0.25) is 0 Å². The molecule has 1 saturated heterocycles. The fourth-order valence-corrected chi connectivity index (χ4v) is 4.66. The van der Waals surface area contributed by atoms with E-state index in [0.717, 1.165) is 43.0 Å². The van der Waals surface area contributed by atoms with E-state index >= 15 is 0 Å². The second-order valence-corrected chi connectivity index (χ2v) is 8.86. The molecule has 2 amide bonds. The molecule has 1 atom stereocenters. The molecule has 2 aromatic heterocycles.